The summed E-state index contributed by atoms with van der Waals surface area (Å²) in [7, 11) is 1.42. The molecular weight excluding hydrogens is 805 g/mol. The van der Waals surface area contributed by atoms with Crippen LogP contribution in [0.5, 0.6) is 0 Å². The SMILES string of the molecule is COC(=O)N[C@H](C(=O)N[C@@H](C[SiH](C)C)c1ncc(-c2ccc(-c3ccc(-c4cnc([C@@H]5CCCN5C(=O)[C@@H](NC(=O)OC)C5CCOCC5)[nH]4)cc3)c3ccccc23)[nH]1)C(C)C. The molecule has 2 aliphatic rings. The highest BCUT2D eigenvalue weighted by Gasteiger charge is 2.40. The Kier molecular flexibility index (Phi) is 14.1. The van der Waals surface area contributed by atoms with E-state index < -0.39 is 33.1 Å². The largest absolute Gasteiger partial charge is 0.453 e. The van der Waals surface area contributed by atoms with Gasteiger partial charge in [0, 0.05) is 34.1 Å². The Bertz CT molecular complexity index is 2360. The molecule has 0 unspecified atom stereocenters. The Morgan fingerprint density at radius 3 is 2.13 bits per heavy atom. The number of H-pyrrole nitrogens is 2. The number of imidazole rings is 2. The predicted molar refractivity (Wildman–Crippen MR) is 240 cm³/mol. The van der Waals surface area contributed by atoms with Crippen LogP contribution in [0.1, 0.15) is 63.3 Å². The standard InChI is InChI=1S/C46H58N8O7Si/c1-27(2)39(52-45(57)59-3)43(55)51-37(26-62(5)6)41-47-25-36(50-41)34-18-17-31(32-10-7-8-11-33(32)34)28-13-15-29(16-14-28)35-24-48-42(49-35)38-12-9-21-54(38)44(56)40(53-46(58)60-4)30-19-22-61-23-20-30/h7-8,10-11,13-18,24-25,27,30,37-40,62H,9,12,19-23,26H2,1-6H3,(H,47,50)(H,48,49)(H,51,55)(H,52,57)(H,53,58)/t37-,38-,39-,40-/m0/s1. The van der Waals surface area contributed by atoms with Crippen molar-refractivity contribution in [3.05, 3.63) is 84.7 Å². The molecule has 3 aromatic carbocycles. The number of methoxy groups -OCH3 is 2. The maximum atomic E-state index is 14.0. The molecule has 62 heavy (non-hydrogen) atoms. The molecule has 2 aromatic heterocycles. The van der Waals surface area contributed by atoms with Crippen LogP contribution >= 0.6 is 0 Å². The number of amides is 4. The number of aromatic nitrogens is 4. The Morgan fingerprint density at radius 2 is 1.45 bits per heavy atom. The van der Waals surface area contributed by atoms with Crippen molar-refractivity contribution in [2.45, 2.75) is 82.8 Å². The van der Waals surface area contributed by atoms with Gasteiger partial charge in [0.15, 0.2) is 0 Å². The number of carbonyl (C=O) groups excluding carboxylic acids is 4. The summed E-state index contributed by atoms with van der Waals surface area (Å²) in [5.41, 5.74) is 5.78. The lowest BCUT2D eigenvalue weighted by molar-refractivity contribution is -0.136. The highest BCUT2D eigenvalue weighted by Crippen LogP contribution is 2.37. The summed E-state index contributed by atoms with van der Waals surface area (Å²) >= 11 is 0. The first kappa shape index (κ1) is 44.1. The van der Waals surface area contributed by atoms with E-state index in [2.05, 4.69) is 87.5 Å². The number of nitrogens with one attached hydrogen (secondary N) is 5. The molecule has 4 amide bonds. The maximum Gasteiger partial charge on any atom is 0.407 e. The molecule has 5 N–H and O–H groups in total. The summed E-state index contributed by atoms with van der Waals surface area (Å²) in [5.74, 6) is 0.803. The number of hydrogen-bond acceptors (Lipinski definition) is 9. The number of alkyl carbamates (subject to hydrolysis) is 2. The van der Waals surface area contributed by atoms with Crippen molar-refractivity contribution in [1.82, 2.24) is 40.8 Å². The van der Waals surface area contributed by atoms with E-state index >= 15 is 0 Å². The Hall–Kier alpha value is -6.00. The van der Waals surface area contributed by atoms with Gasteiger partial charge in [-0.15, -0.1) is 0 Å². The molecule has 4 atom stereocenters. The van der Waals surface area contributed by atoms with E-state index in [1.807, 2.05) is 43.3 Å². The summed E-state index contributed by atoms with van der Waals surface area (Å²) in [5, 5.41) is 10.8. The van der Waals surface area contributed by atoms with Gasteiger partial charge in [-0.05, 0) is 71.0 Å². The first-order valence-electron chi connectivity index (χ1n) is 21.6. The molecule has 16 heteroatoms. The molecular formula is C46H58N8O7Si. The molecule has 4 heterocycles. The summed E-state index contributed by atoms with van der Waals surface area (Å²) in [4.78, 5) is 70.2. The zero-order valence-corrected chi connectivity index (χ0v) is 37.5. The van der Waals surface area contributed by atoms with Crippen LogP contribution in [-0.4, -0.2) is 104 Å². The molecule has 2 aliphatic heterocycles. The van der Waals surface area contributed by atoms with Crippen LogP contribution in [0.4, 0.5) is 9.59 Å². The number of carbonyl (C=O) groups is 4. The number of fused-ring (bicyclic) bond motifs is 1. The summed E-state index contributed by atoms with van der Waals surface area (Å²) in [6, 6.07) is 19.6. The third-order valence-corrected chi connectivity index (χ3v) is 13.4. The van der Waals surface area contributed by atoms with Crippen molar-refractivity contribution in [3.8, 4) is 33.6 Å². The lowest BCUT2D eigenvalue weighted by Gasteiger charge is -2.34. The molecule has 2 fully saturated rings. The number of likely N-dealkylation sites (tertiary alicyclic amines) is 1. The fourth-order valence-corrected chi connectivity index (χ4v) is 10.0. The minimum atomic E-state index is -1.17. The molecule has 0 radical (unpaired) electrons. The van der Waals surface area contributed by atoms with E-state index in [1.54, 1.807) is 0 Å². The molecule has 5 aromatic rings. The molecule has 7 rings (SSSR count). The Labute approximate surface area is 363 Å². The second-order valence-electron chi connectivity index (χ2n) is 16.9. The third kappa shape index (κ3) is 9.86. The highest BCUT2D eigenvalue weighted by atomic mass is 28.3. The van der Waals surface area contributed by atoms with Gasteiger partial charge in [-0.2, -0.15) is 0 Å². The molecule has 0 aliphatic carbocycles. The normalized spacial score (nSPS) is 17.2. The second-order valence-corrected chi connectivity index (χ2v) is 20.2. The van der Waals surface area contributed by atoms with Crippen LogP contribution in [0.2, 0.25) is 19.1 Å². The molecule has 0 bridgehead atoms. The van der Waals surface area contributed by atoms with Crippen LogP contribution < -0.4 is 16.0 Å². The summed E-state index contributed by atoms with van der Waals surface area (Å²) in [6.07, 6.45) is 5.35. The van der Waals surface area contributed by atoms with Crippen molar-refractivity contribution in [1.29, 1.82) is 0 Å². The number of nitrogens with zero attached hydrogens (tertiary/aromatic N) is 3. The zero-order valence-electron chi connectivity index (χ0n) is 36.3. The van der Waals surface area contributed by atoms with Crippen LogP contribution in [0.25, 0.3) is 44.4 Å². The fraction of sp³-hybridized carbons (Fsp3) is 0.435. The molecule has 0 saturated carbocycles. The van der Waals surface area contributed by atoms with Crippen molar-refractivity contribution in [2.24, 2.45) is 11.8 Å². The number of aromatic amines is 2. The van der Waals surface area contributed by atoms with E-state index in [9.17, 15) is 19.2 Å². The zero-order chi connectivity index (χ0) is 43.9. The van der Waals surface area contributed by atoms with E-state index in [1.165, 1.54) is 14.2 Å². The van der Waals surface area contributed by atoms with Gasteiger partial charge >= 0.3 is 12.2 Å². The van der Waals surface area contributed by atoms with Gasteiger partial charge in [0.05, 0.1) is 50.1 Å². The highest BCUT2D eigenvalue weighted by molar-refractivity contribution is 6.55. The average molecular weight is 863 g/mol. The minimum absolute atomic E-state index is 0.0357. The van der Waals surface area contributed by atoms with Gasteiger partial charge in [-0.3, -0.25) is 9.59 Å². The van der Waals surface area contributed by atoms with Crippen molar-refractivity contribution in [3.63, 3.8) is 0 Å². The first-order valence-corrected chi connectivity index (χ1v) is 24.7. The van der Waals surface area contributed by atoms with Crippen molar-refractivity contribution < 1.29 is 33.4 Å². The van der Waals surface area contributed by atoms with E-state index in [-0.39, 0.29) is 35.7 Å². The number of benzene rings is 3. The van der Waals surface area contributed by atoms with E-state index in [4.69, 9.17) is 24.2 Å². The van der Waals surface area contributed by atoms with Crippen LogP contribution in [0.3, 0.4) is 0 Å². The third-order valence-electron chi connectivity index (χ3n) is 12.0. The second kappa shape index (κ2) is 19.8. The number of ether oxygens (including phenoxy) is 3. The number of rotatable bonds is 14. The molecule has 15 nitrogen and oxygen atoms in total. The first-order chi connectivity index (χ1) is 29.9. The lowest BCUT2D eigenvalue weighted by atomic mass is 9.90. The predicted octanol–water partition coefficient (Wildman–Crippen LogP) is 7.13. The Morgan fingerprint density at radius 1 is 0.806 bits per heavy atom. The van der Waals surface area contributed by atoms with Gasteiger partial charge in [0.25, 0.3) is 0 Å². The quantitative estimate of drug-likeness (QED) is 0.0723. The smallest absolute Gasteiger partial charge is 0.407 e. The van der Waals surface area contributed by atoms with Gasteiger partial charge in [0.1, 0.15) is 23.7 Å². The van der Waals surface area contributed by atoms with Crippen LogP contribution in [0.15, 0.2) is 73.1 Å². The molecule has 2 saturated heterocycles. The van der Waals surface area contributed by atoms with Gasteiger partial charge < -0.3 is 45.0 Å². The van der Waals surface area contributed by atoms with Crippen molar-refractivity contribution in [2.75, 3.05) is 34.0 Å². The Balaban J connectivity index is 1.09. The number of hydrogen-bond donors (Lipinski definition) is 5. The molecule has 328 valence electrons. The maximum absolute atomic E-state index is 14.0. The van der Waals surface area contributed by atoms with Crippen LogP contribution in [-0.2, 0) is 23.8 Å². The van der Waals surface area contributed by atoms with E-state index in [0.717, 1.165) is 69.1 Å². The summed E-state index contributed by atoms with van der Waals surface area (Å²) in [6.45, 7) is 9.91. The van der Waals surface area contributed by atoms with Crippen molar-refractivity contribution >= 4 is 43.6 Å². The summed E-state index contributed by atoms with van der Waals surface area (Å²) < 4.78 is 15.2. The van der Waals surface area contributed by atoms with Gasteiger partial charge in [0.2, 0.25) is 11.8 Å². The molecule has 0 spiro atoms. The topological polar surface area (TPSA) is 193 Å². The van der Waals surface area contributed by atoms with Crippen LogP contribution in [0, 0.1) is 11.8 Å². The van der Waals surface area contributed by atoms with Gasteiger partial charge in [-0.25, -0.2) is 19.6 Å². The lowest BCUT2D eigenvalue weighted by Crippen LogP contribution is -2.53. The minimum Gasteiger partial charge on any atom is -0.453 e. The van der Waals surface area contributed by atoms with E-state index in [0.29, 0.717) is 38.4 Å². The van der Waals surface area contributed by atoms with Gasteiger partial charge in [-0.1, -0.05) is 87.6 Å². The fourth-order valence-electron chi connectivity index (χ4n) is 8.72. The monoisotopic (exact) mass is 862 g/mol. The average Bonchev–Trinajstić information content (AvgIpc) is 4.09.